The summed E-state index contributed by atoms with van der Waals surface area (Å²) in [6.45, 7) is 3.14. The summed E-state index contributed by atoms with van der Waals surface area (Å²) >= 11 is 0. The highest BCUT2D eigenvalue weighted by molar-refractivity contribution is 5.85. The summed E-state index contributed by atoms with van der Waals surface area (Å²) < 4.78 is 29.0. The number of aryl methyl sites for hydroxylation is 1. The van der Waals surface area contributed by atoms with Crippen LogP contribution in [0.1, 0.15) is 17.5 Å². The quantitative estimate of drug-likeness (QED) is 0.661. The molecule has 1 saturated heterocycles. The van der Waals surface area contributed by atoms with E-state index in [2.05, 4.69) is 54.1 Å². The van der Waals surface area contributed by atoms with Crippen molar-refractivity contribution in [2.24, 2.45) is 0 Å². The molecule has 0 saturated carbocycles. The number of aromatic nitrogens is 1. The molecular formula is C21H22F2N2. The fourth-order valence-corrected chi connectivity index (χ4v) is 3.64. The Morgan fingerprint density at radius 1 is 1.04 bits per heavy atom. The van der Waals surface area contributed by atoms with Gasteiger partial charge < -0.3 is 4.57 Å². The van der Waals surface area contributed by atoms with E-state index >= 15 is 0 Å². The minimum Gasteiger partial charge on any atom is -0.316 e. The number of alkyl halides is 2. The van der Waals surface area contributed by atoms with Crippen molar-refractivity contribution in [2.75, 3.05) is 19.6 Å². The third-order valence-electron chi connectivity index (χ3n) is 5.05. The van der Waals surface area contributed by atoms with E-state index in [1.807, 2.05) is 17.0 Å². The Morgan fingerprint density at radius 3 is 2.52 bits per heavy atom. The SMILES string of the molecule is Cc1ccc(-n2cc(CCN3CCC(F)(F)C3)c3ccccc32)cc1. The first kappa shape index (κ1) is 16.3. The molecule has 1 aliphatic heterocycles. The number of hydrogen-bond donors (Lipinski definition) is 0. The van der Waals surface area contributed by atoms with Crippen LogP contribution >= 0.6 is 0 Å². The lowest BCUT2D eigenvalue weighted by molar-refractivity contribution is 0.0123. The van der Waals surface area contributed by atoms with Gasteiger partial charge in [-0.1, -0.05) is 35.9 Å². The monoisotopic (exact) mass is 340 g/mol. The fraction of sp³-hybridized carbons (Fsp3) is 0.333. The predicted molar refractivity (Wildman–Crippen MR) is 97.7 cm³/mol. The van der Waals surface area contributed by atoms with E-state index in [4.69, 9.17) is 0 Å². The smallest absolute Gasteiger partial charge is 0.261 e. The van der Waals surface area contributed by atoms with Crippen molar-refractivity contribution in [3.8, 4) is 5.69 Å². The summed E-state index contributed by atoms with van der Waals surface area (Å²) in [5.41, 5.74) is 4.73. The van der Waals surface area contributed by atoms with Gasteiger partial charge in [0.2, 0.25) is 0 Å². The molecule has 0 N–H and O–H groups in total. The number of likely N-dealkylation sites (tertiary alicyclic amines) is 1. The minimum absolute atomic E-state index is 0.0157. The molecular weight excluding hydrogens is 318 g/mol. The van der Waals surface area contributed by atoms with Crippen LogP contribution in [0.5, 0.6) is 0 Å². The normalized spacial score (nSPS) is 17.4. The van der Waals surface area contributed by atoms with Crippen LogP contribution in [0.3, 0.4) is 0 Å². The van der Waals surface area contributed by atoms with Crippen LogP contribution in [-0.4, -0.2) is 35.0 Å². The second-order valence-electron chi connectivity index (χ2n) is 7.01. The first-order chi connectivity index (χ1) is 12.0. The van der Waals surface area contributed by atoms with Gasteiger partial charge in [0.15, 0.2) is 0 Å². The van der Waals surface area contributed by atoms with Gasteiger partial charge >= 0.3 is 0 Å². The molecule has 1 aliphatic rings. The first-order valence-electron chi connectivity index (χ1n) is 8.78. The van der Waals surface area contributed by atoms with Crippen molar-refractivity contribution >= 4 is 10.9 Å². The molecule has 1 fully saturated rings. The third-order valence-corrected chi connectivity index (χ3v) is 5.05. The highest BCUT2D eigenvalue weighted by Crippen LogP contribution is 2.29. The Morgan fingerprint density at radius 2 is 1.80 bits per heavy atom. The van der Waals surface area contributed by atoms with Crippen LogP contribution in [-0.2, 0) is 6.42 Å². The Labute approximate surface area is 146 Å². The molecule has 0 bridgehead atoms. The standard InChI is InChI=1S/C21H22F2N2/c1-16-6-8-18(9-7-16)25-14-17(19-4-2-3-5-20(19)25)10-12-24-13-11-21(22,23)15-24/h2-9,14H,10-13,15H2,1H3. The summed E-state index contributed by atoms with van der Waals surface area (Å²) in [6, 6.07) is 16.8. The van der Waals surface area contributed by atoms with Gasteiger partial charge in [0.1, 0.15) is 0 Å². The lowest BCUT2D eigenvalue weighted by atomic mass is 10.1. The van der Waals surface area contributed by atoms with Crippen molar-refractivity contribution in [3.05, 3.63) is 65.9 Å². The number of rotatable bonds is 4. The lowest BCUT2D eigenvalue weighted by Gasteiger charge is -2.14. The van der Waals surface area contributed by atoms with E-state index in [0.29, 0.717) is 13.1 Å². The Balaban J connectivity index is 1.62. The number of benzene rings is 2. The maximum absolute atomic E-state index is 13.4. The molecule has 0 spiro atoms. The Kier molecular flexibility index (Phi) is 4.08. The van der Waals surface area contributed by atoms with E-state index in [0.717, 1.165) is 17.6 Å². The van der Waals surface area contributed by atoms with Crippen molar-refractivity contribution in [1.82, 2.24) is 9.47 Å². The molecule has 0 aliphatic carbocycles. The van der Waals surface area contributed by atoms with Gasteiger partial charge in [0, 0.05) is 36.8 Å². The third kappa shape index (κ3) is 3.31. The average Bonchev–Trinajstić information content (AvgIpc) is 3.14. The second-order valence-corrected chi connectivity index (χ2v) is 7.01. The van der Waals surface area contributed by atoms with E-state index in [9.17, 15) is 8.78 Å². The zero-order valence-corrected chi connectivity index (χ0v) is 14.4. The average molecular weight is 340 g/mol. The molecule has 25 heavy (non-hydrogen) atoms. The van der Waals surface area contributed by atoms with Gasteiger partial charge in [-0.3, -0.25) is 4.90 Å². The number of hydrogen-bond acceptors (Lipinski definition) is 1. The second kappa shape index (κ2) is 6.26. The Hall–Kier alpha value is -2.20. The van der Waals surface area contributed by atoms with Crippen LogP contribution in [0.25, 0.3) is 16.6 Å². The molecule has 3 aromatic rings. The molecule has 2 aromatic carbocycles. The van der Waals surface area contributed by atoms with E-state index in [1.54, 1.807) is 0 Å². The van der Waals surface area contributed by atoms with Crippen LogP contribution < -0.4 is 0 Å². The number of fused-ring (bicyclic) bond motifs is 1. The van der Waals surface area contributed by atoms with Crippen molar-refractivity contribution in [1.29, 1.82) is 0 Å². The molecule has 4 rings (SSSR count). The van der Waals surface area contributed by atoms with Crippen LogP contribution in [0, 0.1) is 6.92 Å². The molecule has 0 amide bonds. The molecule has 0 atom stereocenters. The summed E-state index contributed by atoms with van der Waals surface area (Å²) in [4.78, 5) is 1.87. The Bertz CT molecular complexity index is 881. The van der Waals surface area contributed by atoms with Gasteiger partial charge in [-0.25, -0.2) is 8.78 Å². The summed E-state index contributed by atoms with van der Waals surface area (Å²) in [6.07, 6.45) is 2.93. The van der Waals surface area contributed by atoms with Crippen molar-refractivity contribution in [3.63, 3.8) is 0 Å². The highest BCUT2D eigenvalue weighted by atomic mass is 19.3. The van der Waals surface area contributed by atoms with E-state index in [-0.39, 0.29) is 13.0 Å². The number of para-hydroxylation sites is 1. The molecule has 4 heteroatoms. The van der Waals surface area contributed by atoms with Gasteiger partial charge in [0.05, 0.1) is 12.1 Å². The highest BCUT2D eigenvalue weighted by Gasteiger charge is 2.37. The van der Waals surface area contributed by atoms with Crippen LogP contribution in [0.15, 0.2) is 54.7 Å². The zero-order chi connectivity index (χ0) is 17.4. The van der Waals surface area contributed by atoms with E-state index < -0.39 is 5.92 Å². The van der Waals surface area contributed by atoms with E-state index in [1.165, 1.54) is 16.5 Å². The summed E-state index contributed by atoms with van der Waals surface area (Å²) in [5, 5.41) is 1.20. The summed E-state index contributed by atoms with van der Waals surface area (Å²) in [5.74, 6) is -2.52. The maximum Gasteiger partial charge on any atom is 0.261 e. The number of halogens is 2. The van der Waals surface area contributed by atoms with Crippen molar-refractivity contribution < 1.29 is 8.78 Å². The van der Waals surface area contributed by atoms with Crippen molar-refractivity contribution in [2.45, 2.75) is 25.7 Å². The van der Waals surface area contributed by atoms with Gasteiger partial charge in [-0.05, 0) is 37.1 Å². The van der Waals surface area contributed by atoms with Crippen LogP contribution in [0.2, 0.25) is 0 Å². The molecule has 1 aromatic heterocycles. The largest absolute Gasteiger partial charge is 0.316 e. The topological polar surface area (TPSA) is 8.17 Å². The zero-order valence-electron chi connectivity index (χ0n) is 14.4. The fourth-order valence-electron chi connectivity index (χ4n) is 3.64. The number of nitrogens with zero attached hydrogens (tertiary/aromatic N) is 2. The van der Waals surface area contributed by atoms with Gasteiger partial charge in [-0.2, -0.15) is 0 Å². The predicted octanol–water partition coefficient (Wildman–Crippen LogP) is 4.82. The lowest BCUT2D eigenvalue weighted by Crippen LogP contribution is -2.27. The molecule has 130 valence electrons. The van der Waals surface area contributed by atoms with Gasteiger partial charge in [0.25, 0.3) is 5.92 Å². The molecule has 0 unspecified atom stereocenters. The first-order valence-corrected chi connectivity index (χ1v) is 8.78. The molecule has 2 nitrogen and oxygen atoms in total. The minimum atomic E-state index is -2.52. The van der Waals surface area contributed by atoms with Gasteiger partial charge in [-0.15, -0.1) is 0 Å². The molecule has 0 radical (unpaired) electrons. The molecule has 2 heterocycles. The summed E-state index contributed by atoms with van der Waals surface area (Å²) in [7, 11) is 0. The van der Waals surface area contributed by atoms with Crippen LogP contribution in [0.4, 0.5) is 8.78 Å². The maximum atomic E-state index is 13.4.